The molecule has 1 heterocycles. The molecular formula is C19H22BrN3O2. The molecule has 0 radical (unpaired) electrons. The fraction of sp³-hybridized carbons (Fsp3) is 0.316. The Morgan fingerprint density at radius 3 is 2.92 bits per heavy atom. The van der Waals surface area contributed by atoms with E-state index in [4.69, 9.17) is 4.74 Å². The monoisotopic (exact) mass is 403 g/mol. The van der Waals surface area contributed by atoms with Crippen LogP contribution in [0.3, 0.4) is 0 Å². The van der Waals surface area contributed by atoms with Crippen LogP contribution in [0.5, 0.6) is 5.75 Å². The number of halogens is 1. The molecule has 0 spiro atoms. The van der Waals surface area contributed by atoms with Crippen molar-refractivity contribution in [3.63, 3.8) is 0 Å². The molecule has 1 amide bonds. The lowest BCUT2D eigenvalue weighted by Gasteiger charge is -2.19. The van der Waals surface area contributed by atoms with Crippen LogP contribution in [-0.2, 0) is 11.3 Å². The number of benzene rings is 2. The Hall–Kier alpha value is -1.89. The predicted octanol–water partition coefficient (Wildman–Crippen LogP) is 2.93. The molecule has 132 valence electrons. The van der Waals surface area contributed by atoms with Gasteiger partial charge in [-0.05, 0) is 30.7 Å². The summed E-state index contributed by atoms with van der Waals surface area (Å²) in [4.78, 5) is 12.7. The molecule has 0 saturated carbocycles. The van der Waals surface area contributed by atoms with Gasteiger partial charge in [-0.25, -0.2) is 5.43 Å². The van der Waals surface area contributed by atoms with Crippen LogP contribution in [0.1, 0.15) is 24.1 Å². The van der Waals surface area contributed by atoms with Gasteiger partial charge in [0.25, 0.3) is 0 Å². The van der Waals surface area contributed by atoms with Gasteiger partial charge in [-0.1, -0.05) is 46.3 Å². The molecule has 25 heavy (non-hydrogen) atoms. The van der Waals surface area contributed by atoms with Crippen molar-refractivity contribution < 1.29 is 9.53 Å². The summed E-state index contributed by atoms with van der Waals surface area (Å²) >= 11 is 3.49. The molecular weight excluding hydrogens is 382 g/mol. The van der Waals surface area contributed by atoms with Crippen LogP contribution in [0.4, 0.5) is 0 Å². The molecule has 2 atom stereocenters. The Bertz CT molecular complexity index is 738. The maximum Gasteiger partial charge on any atom is 0.226 e. The van der Waals surface area contributed by atoms with E-state index in [9.17, 15) is 4.79 Å². The summed E-state index contributed by atoms with van der Waals surface area (Å²) in [6.45, 7) is 3.60. The van der Waals surface area contributed by atoms with E-state index in [0.717, 1.165) is 21.3 Å². The van der Waals surface area contributed by atoms with Crippen LogP contribution in [0.2, 0.25) is 0 Å². The molecule has 2 aromatic rings. The molecule has 6 heteroatoms. The summed E-state index contributed by atoms with van der Waals surface area (Å²) in [5, 5.41) is 3.04. The van der Waals surface area contributed by atoms with Crippen LogP contribution in [0.25, 0.3) is 0 Å². The summed E-state index contributed by atoms with van der Waals surface area (Å²) < 4.78 is 6.62. The van der Waals surface area contributed by atoms with Crippen LogP contribution in [0, 0.1) is 5.92 Å². The number of rotatable bonds is 6. The van der Waals surface area contributed by atoms with E-state index in [2.05, 4.69) is 32.1 Å². The van der Waals surface area contributed by atoms with Gasteiger partial charge in [0, 0.05) is 23.1 Å². The SMILES string of the molecule is CCOc1ccccc1CNC(=O)C1CNNC1c1cccc(Br)c1. The first-order valence-corrected chi connectivity index (χ1v) is 9.20. The number of carbonyl (C=O) groups excluding carboxylic acids is 1. The second-order valence-electron chi connectivity index (χ2n) is 5.92. The number of hydrogen-bond acceptors (Lipinski definition) is 4. The second kappa shape index (κ2) is 8.47. The van der Waals surface area contributed by atoms with Crippen molar-refractivity contribution in [1.82, 2.24) is 16.2 Å². The van der Waals surface area contributed by atoms with Gasteiger partial charge in [0.05, 0.1) is 18.6 Å². The lowest BCUT2D eigenvalue weighted by molar-refractivity contribution is -0.125. The smallest absolute Gasteiger partial charge is 0.226 e. The quantitative estimate of drug-likeness (QED) is 0.693. The molecule has 1 aliphatic rings. The molecule has 1 fully saturated rings. The van der Waals surface area contributed by atoms with Gasteiger partial charge < -0.3 is 10.1 Å². The zero-order valence-corrected chi connectivity index (χ0v) is 15.7. The van der Waals surface area contributed by atoms with Gasteiger partial charge in [0.15, 0.2) is 0 Å². The first-order chi connectivity index (χ1) is 12.2. The highest BCUT2D eigenvalue weighted by molar-refractivity contribution is 9.10. The number of carbonyl (C=O) groups is 1. The summed E-state index contributed by atoms with van der Waals surface area (Å²) in [7, 11) is 0. The summed E-state index contributed by atoms with van der Waals surface area (Å²) in [5.41, 5.74) is 8.36. The van der Waals surface area contributed by atoms with Crippen LogP contribution < -0.4 is 20.9 Å². The third-order valence-corrected chi connectivity index (χ3v) is 4.75. The van der Waals surface area contributed by atoms with E-state index < -0.39 is 0 Å². The first-order valence-electron chi connectivity index (χ1n) is 8.41. The Labute approximate surface area is 156 Å². The minimum Gasteiger partial charge on any atom is -0.494 e. The average molecular weight is 404 g/mol. The molecule has 2 unspecified atom stereocenters. The molecule has 1 aliphatic heterocycles. The van der Waals surface area contributed by atoms with Crippen LogP contribution in [-0.4, -0.2) is 19.1 Å². The molecule has 1 saturated heterocycles. The van der Waals surface area contributed by atoms with Crippen molar-refractivity contribution in [2.75, 3.05) is 13.2 Å². The highest BCUT2D eigenvalue weighted by Crippen LogP contribution is 2.27. The molecule has 0 bridgehead atoms. The highest BCUT2D eigenvalue weighted by Gasteiger charge is 2.33. The maximum absolute atomic E-state index is 12.7. The maximum atomic E-state index is 12.7. The van der Waals surface area contributed by atoms with Gasteiger partial charge in [0.1, 0.15) is 5.75 Å². The lowest BCUT2D eigenvalue weighted by Crippen LogP contribution is -2.34. The van der Waals surface area contributed by atoms with E-state index in [1.807, 2.05) is 55.5 Å². The first kappa shape index (κ1) is 17.9. The van der Waals surface area contributed by atoms with Gasteiger partial charge in [-0.3, -0.25) is 10.2 Å². The topological polar surface area (TPSA) is 62.4 Å². The zero-order chi connectivity index (χ0) is 17.6. The van der Waals surface area contributed by atoms with E-state index in [1.165, 1.54) is 0 Å². The molecule has 3 N–H and O–H groups in total. The van der Waals surface area contributed by atoms with E-state index in [1.54, 1.807) is 0 Å². The summed E-state index contributed by atoms with van der Waals surface area (Å²) in [5.74, 6) is 0.666. The molecule has 0 aliphatic carbocycles. The molecule has 5 nitrogen and oxygen atoms in total. The van der Waals surface area contributed by atoms with Gasteiger partial charge >= 0.3 is 0 Å². The predicted molar refractivity (Wildman–Crippen MR) is 101 cm³/mol. The molecule has 0 aromatic heterocycles. The van der Waals surface area contributed by atoms with Crippen LogP contribution in [0.15, 0.2) is 53.0 Å². The van der Waals surface area contributed by atoms with Gasteiger partial charge in [0.2, 0.25) is 5.91 Å². The van der Waals surface area contributed by atoms with E-state index in [0.29, 0.717) is 19.7 Å². The summed E-state index contributed by atoms with van der Waals surface area (Å²) in [6.07, 6.45) is 0. The number of ether oxygens (including phenoxy) is 1. The van der Waals surface area contributed by atoms with Crippen LogP contribution >= 0.6 is 15.9 Å². The zero-order valence-electron chi connectivity index (χ0n) is 14.1. The Balaban J connectivity index is 1.66. The van der Waals surface area contributed by atoms with E-state index >= 15 is 0 Å². The Morgan fingerprint density at radius 2 is 2.12 bits per heavy atom. The third kappa shape index (κ3) is 4.39. The van der Waals surface area contributed by atoms with E-state index in [-0.39, 0.29) is 17.9 Å². The largest absolute Gasteiger partial charge is 0.494 e. The standard InChI is InChI=1S/C19H22BrN3O2/c1-2-25-17-9-4-3-6-14(17)11-21-19(24)16-12-22-23-18(16)13-7-5-8-15(20)10-13/h3-10,16,18,22-23H,2,11-12H2,1H3,(H,21,24). The highest BCUT2D eigenvalue weighted by atomic mass is 79.9. The van der Waals surface area contributed by atoms with Gasteiger partial charge in [-0.2, -0.15) is 0 Å². The fourth-order valence-corrected chi connectivity index (χ4v) is 3.43. The number of para-hydroxylation sites is 1. The number of hydrogen-bond donors (Lipinski definition) is 3. The summed E-state index contributed by atoms with van der Waals surface area (Å²) in [6, 6.07) is 15.8. The van der Waals surface area contributed by atoms with Crippen molar-refractivity contribution in [2.24, 2.45) is 5.92 Å². The van der Waals surface area contributed by atoms with Crippen molar-refractivity contribution in [1.29, 1.82) is 0 Å². The molecule has 2 aromatic carbocycles. The minimum atomic E-state index is -0.173. The molecule has 3 rings (SSSR count). The Kier molecular flexibility index (Phi) is 6.07. The number of nitrogens with one attached hydrogen (secondary N) is 3. The van der Waals surface area contributed by atoms with Crippen molar-refractivity contribution in [2.45, 2.75) is 19.5 Å². The second-order valence-corrected chi connectivity index (χ2v) is 6.84. The third-order valence-electron chi connectivity index (χ3n) is 4.25. The lowest BCUT2D eigenvalue weighted by atomic mass is 9.94. The average Bonchev–Trinajstić information content (AvgIpc) is 3.11. The fourth-order valence-electron chi connectivity index (χ4n) is 3.02. The minimum absolute atomic E-state index is 0.0220. The van der Waals surface area contributed by atoms with Crippen molar-refractivity contribution in [3.8, 4) is 5.75 Å². The van der Waals surface area contributed by atoms with Gasteiger partial charge in [-0.15, -0.1) is 0 Å². The number of hydrazine groups is 1. The number of amides is 1. The Morgan fingerprint density at radius 1 is 1.28 bits per heavy atom. The van der Waals surface area contributed by atoms with Crippen molar-refractivity contribution >= 4 is 21.8 Å². The van der Waals surface area contributed by atoms with Crippen molar-refractivity contribution in [3.05, 3.63) is 64.1 Å². The normalized spacial score (nSPS) is 19.6.